The van der Waals surface area contributed by atoms with E-state index >= 15 is 0 Å². The van der Waals surface area contributed by atoms with Crippen molar-refractivity contribution in [3.8, 4) is 5.75 Å². The molecule has 0 saturated carbocycles. The van der Waals surface area contributed by atoms with Crippen molar-refractivity contribution in [2.45, 2.75) is 32.3 Å². The quantitative estimate of drug-likeness (QED) is 0.350. The molecule has 9 heteroatoms. The highest BCUT2D eigenvalue weighted by Crippen LogP contribution is 2.23. The number of ether oxygens (including phenoxy) is 1. The van der Waals surface area contributed by atoms with Crippen LogP contribution in [-0.2, 0) is 16.0 Å². The Hall–Kier alpha value is -2.81. The largest absolute Gasteiger partial charge is 0.494 e. The highest BCUT2D eigenvalue weighted by atomic mass is 35.5. The van der Waals surface area contributed by atoms with Crippen molar-refractivity contribution in [1.29, 1.82) is 0 Å². The first kappa shape index (κ1) is 25.8. The van der Waals surface area contributed by atoms with Crippen LogP contribution in [0, 0.1) is 5.92 Å². The van der Waals surface area contributed by atoms with E-state index in [9.17, 15) is 14.7 Å². The number of benzene rings is 2. The summed E-state index contributed by atoms with van der Waals surface area (Å²) in [5, 5.41) is 20.1. The zero-order chi connectivity index (χ0) is 24.5. The van der Waals surface area contributed by atoms with Gasteiger partial charge in [0, 0.05) is 36.9 Å². The Balaban J connectivity index is 1.59. The fourth-order valence-corrected chi connectivity index (χ4v) is 4.31. The summed E-state index contributed by atoms with van der Waals surface area (Å²) in [5.41, 5.74) is 3.58. The van der Waals surface area contributed by atoms with Crippen LogP contribution < -0.4 is 15.1 Å². The summed E-state index contributed by atoms with van der Waals surface area (Å²) < 4.78 is 5.45. The third kappa shape index (κ3) is 6.85. The third-order valence-electron chi connectivity index (χ3n) is 6.08. The van der Waals surface area contributed by atoms with Gasteiger partial charge >= 0.3 is 0 Å². The second-order valence-electron chi connectivity index (χ2n) is 8.29. The van der Waals surface area contributed by atoms with Crippen LogP contribution in [0.2, 0.25) is 5.02 Å². The fraction of sp³-hybridized carbons (Fsp3) is 0.440. The topological polar surface area (TPSA) is 102 Å². The number of anilines is 1. The molecule has 2 amide bonds. The molecule has 3 rings (SSSR count). The van der Waals surface area contributed by atoms with E-state index in [0.29, 0.717) is 57.1 Å². The summed E-state index contributed by atoms with van der Waals surface area (Å²) >= 11 is 5.97. The molecule has 2 aromatic carbocycles. The molecule has 1 unspecified atom stereocenters. The van der Waals surface area contributed by atoms with Crippen LogP contribution in [0.5, 0.6) is 5.75 Å². The number of halogens is 1. The second kappa shape index (κ2) is 12.6. The van der Waals surface area contributed by atoms with Gasteiger partial charge in [-0.15, -0.1) is 0 Å². The number of hydrogen-bond acceptors (Lipinski definition) is 6. The molecular formula is C25H32ClN3O5. The molecule has 2 atom stereocenters. The summed E-state index contributed by atoms with van der Waals surface area (Å²) in [6, 6.07) is 15.3. The molecule has 2 aromatic rings. The molecule has 1 heterocycles. The average molecular weight is 490 g/mol. The summed E-state index contributed by atoms with van der Waals surface area (Å²) in [6.45, 7) is 4.75. The molecule has 1 aliphatic heterocycles. The number of aliphatic hydroxyl groups is 1. The van der Waals surface area contributed by atoms with Gasteiger partial charge in [0.2, 0.25) is 5.91 Å². The van der Waals surface area contributed by atoms with E-state index in [4.69, 9.17) is 21.5 Å². The summed E-state index contributed by atoms with van der Waals surface area (Å²) in [5.74, 6) is -1.39. The lowest BCUT2D eigenvalue weighted by Crippen LogP contribution is -2.53. The van der Waals surface area contributed by atoms with Crippen LogP contribution in [0.4, 0.5) is 5.69 Å². The molecule has 0 bridgehead atoms. The number of hydroxylamine groups is 1. The Morgan fingerprint density at radius 2 is 1.71 bits per heavy atom. The van der Waals surface area contributed by atoms with E-state index in [0.717, 1.165) is 17.0 Å². The molecule has 0 radical (unpaired) electrons. The van der Waals surface area contributed by atoms with E-state index < -0.39 is 17.9 Å². The molecule has 1 saturated heterocycles. The first-order valence-corrected chi connectivity index (χ1v) is 11.9. The zero-order valence-corrected chi connectivity index (χ0v) is 20.1. The third-order valence-corrected chi connectivity index (χ3v) is 6.33. The molecule has 8 nitrogen and oxygen atoms in total. The minimum atomic E-state index is -1.62. The predicted molar refractivity (Wildman–Crippen MR) is 130 cm³/mol. The lowest BCUT2D eigenvalue weighted by Gasteiger charge is -2.38. The van der Waals surface area contributed by atoms with Gasteiger partial charge < -0.3 is 19.6 Å². The average Bonchev–Trinajstić information content (AvgIpc) is 2.87. The van der Waals surface area contributed by atoms with Gasteiger partial charge in [0.25, 0.3) is 5.91 Å². The first-order chi connectivity index (χ1) is 16.4. The summed E-state index contributed by atoms with van der Waals surface area (Å²) in [4.78, 5) is 29.0. The monoisotopic (exact) mass is 489 g/mol. The normalized spacial score (nSPS) is 15.5. The van der Waals surface area contributed by atoms with Gasteiger partial charge in [-0.25, -0.2) is 5.48 Å². The predicted octanol–water partition coefficient (Wildman–Crippen LogP) is 2.89. The van der Waals surface area contributed by atoms with E-state index in [2.05, 4.69) is 4.90 Å². The molecule has 0 aromatic heterocycles. The van der Waals surface area contributed by atoms with Gasteiger partial charge in [-0.3, -0.25) is 14.8 Å². The molecule has 1 fully saturated rings. The Kier molecular flexibility index (Phi) is 9.56. The van der Waals surface area contributed by atoms with Gasteiger partial charge in [-0.1, -0.05) is 23.7 Å². The minimum Gasteiger partial charge on any atom is -0.494 e. The van der Waals surface area contributed by atoms with Crippen molar-refractivity contribution in [2.24, 2.45) is 5.92 Å². The number of hydrogen-bond donors (Lipinski definition) is 3. The van der Waals surface area contributed by atoms with Crippen molar-refractivity contribution in [1.82, 2.24) is 10.4 Å². The molecular weight excluding hydrogens is 458 g/mol. The SMILES string of the molecule is CCOc1ccc(CCCC(C(=O)N2CCN(c3ccc(Cl)cc3)CC2)[C@H](O)C(=O)NO)cc1. The standard InChI is InChI=1S/C25H32ClN3O5/c1-2-34-21-12-6-18(7-13-21)4-3-5-22(23(30)24(31)27-33)25(32)29-16-14-28(15-17-29)20-10-8-19(26)9-11-20/h6-13,22-23,30,33H,2-5,14-17H2,1H3,(H,27,31)/t22?,23-/m0/s1. The Labute approximate surface area is 205 Å². The van der Waals surface area contributed by atoms with Crippen LogP contribution in [-0.4, -0.2) is 65.9 Å². The van der Waals surface area contributed by atoms with E-state index in [1.807, 2.05) is 55.5 Å². The lowest BCUT2D eigenvalue weighted by molar-refractivity contribution is -0.150. The van der Waals surface area contributed by atoms with Gasteiger partial charge in [-0.05, 0) is 68.1 Å². The lowest BCUT2D eigenvalue weighted by atomic mass is 9.92. The Morgan fingerprint density at radius 1 is 1.06 bits per heavy atom. The molecule has 3 N–H and O–H groups in total. The van der Waals surface area contributed by atoms with E-state index in [1.165, 1.54) is 5.48 Å². The summed E-state index contributed by atoms with van der Waals surface area (Å²) in [7, 11) is 0. The maximum Gasteiger partial charge on any atom is 0.272 e. The van der Waals surface area contributed by atoms with Crippen molar-refractivity contribution in [3.63, 3.8) is 0 Å². The first-order valence-electron chi connectivity index (χ1n) is 11.6. The van der Waals surface area contributed by atoms with E-state index in [1.54, 1.807) is 4.90 Å². The van der Waals surface area contributed by atoms with Gasteiger partial charge in [0.05, 0.1) is 12.5 Å². The molecule has 184 valence electrons. The number of piperazine rings is 1. The number of nitrogens with zero attached hydrogens (tertiary/aromatic N) is 2. The summed E-state index contributed by atoms with van der Waals surface area (Å²) in [6.07, 6.45) is -0.0103. The van der Waals surface area contributed by atoms with Crippen molar-refractivity contribution < 1.29 is 24.6 Å². The minimum absolute atomic E-state index is 0.279. The van der Waals surface area contributed by atoms with Gasteiger partial charge in [-0.2, -0.15) is 0 Å². The fourth-order valence-electron chi connectivity index (χ4n) is 4.18. The Bertz CT molecular complexity index is 931. The maximum atomic E-state index is 13.3. The van der Waals surface area contributed by atoms with Crippen LogP contribution >= 0.6 is 11.6 Å². The zero-order valence-electron chi connectivity index (χ0n) is 19.3. The molecule has 34 heavy (non-hydrogen) atoms. The van der Waals surface area contributed by atoms with Crippen LogP contribution in [0.3, 0.4) is 0 Å². The highest BCUT2D eigenvalue weighted by Gasteiger charge is 2.35. The Morgan fingerprint density at radius 3 is 2.29 bits per heavy atom. The number of aryl methyl sites for hydroxylation is 1. The van der Waals surface area contributed by atoms with Crippen molar-refractivity contribution >= 4 is 29.1 Å². The van der Waals surface area contributed by atoms with Crippen LogP contribution in [0.1, 0.15) is 25.3 Å². The number of aliphatic hydroxyl groups excluding tert-OH is 1. The highest BCUT2D eigenvalue weighted by molar-refractivity contribution is 6.30. The van der Waals surface area contributed by atoms with E-state index in [-0.39, 0.29) is 5.91 Å². The molecule has 0 spiro atoms. The maximum absolute atomic E-state index is 13.3. The van der Waals surface area contributed by atoms with Gasteiger partial charge in [0.1, 0.15) is 11.9 Å². The van der Waals surface area contributed by atoms with Crippen LogP contribution in [0.25, 0.3) is 0 Å². The van der Waals surface area contributed by atoms with Crippen molar-refractivity contribution in [2.75, 3.05) is 37.7 Å². The molecule has 0 aliphatic carbocycles. The molecule has 1 aliphatic rings. The number of amides is 2. The number of rotatable bonds is 10. The second-order valence-corrected chi connectivity index (χ2v) is 8.72. The number of nitrogens with one attached hydrogen (secondary N) is 1. The van der Waals surface area contributed by atoms with Crippen molar-refractivity contribution in [3.05, 3.63) is 59.1 Å². The van der Waals surface area contributed by atoms with Gasteiger partial charge in [0.15, 0.2) is 0 Å². The number of carbonyl (C=O) groups is 2. The number of carbonyl (C=O) groups excluding carboxylic acids is 2. The van der Waals surface area contributed by atoms with Crippen LogP contribution in [0.15, 0.2) is 48.5 Å². The smallest absolute Gasteiger partial charge is 0.272 e.